The van der Waals surface area contributed by atoms with Crippen LogP contribution in [0.2, 0.25) is 5.02 Å². The molecule has 0 atom stereocenters. The molecule has 0 radical (unpaired) electrons. The minimum Gasteiger partial charge on any atom is -0.411 e. The molecule has 2 aromatic heterocycles. The van der Waals surface area contributed by atoms with Crippen molar-refractivity contribution in [3.05, 3.63) is 71.4 Å². The Labute approximate surface area is 176 Å². The van der Waals surface area contributed by atoms with Crippen molar-refractivity contribution in [3.8, 4) is 17.1 Å². The molecule has 7 nitrogen and oxygen atoms in total. The van der Waals surface area contributed by atoms with Crippen molar-refractivity contribution in [3.63, 3.8) is 0 Å². The highest BCUT2D eigenvalue weighted by atomic mass is 35.5. The third-order valence-corrected chi connectivity index (χ3v) is 4.99. The van der Waals surface area contributed by atoms with E-state index in [1.54, 1.807) is 28.9 Å². The highest BCUT2D eigenvalue weighted by Crippen LogP contribution is 2.24. The van der Waals surface area contributed by atoms with Gasteiger partial charge >= 0.3 is 0 Å². The largest absolute Gasteiger partial charge is 0.411 e. The molecule has 2 aromatic carbocycles. The van der Waals surface area contributed by atoms with Crippen LogP contribution in [0.5, 0.6) is 0 Å². The van der Waals surface area contributed by atoms with Gasteiger partial charge in [0, 0.05) is 16.7 Å². The molecule has 0 saturated carbocycles. The van der Waals surface area contributed by atoms with Crippen LogP contribution in [0.3, 0.4) is 0 Å². The molecule has 1 amide bonds. The Balaban J connectivity index is 1.40. The lowest BCUT2D eigenvalue weighted by Gasteiger charge is -2.08. The predicted octanol–water partition coefficient (Wildman–Crippen LogP) is 4.61. The topological polar surface area (TPSA) is 85.8 Å². The first-order valence-corrected chi connectivity index (χ1v) is 10.1. The number of para-hydroxylation sites is 1. The zero-order valence-electron chi connectivity index (χ0n) is 15.4. The highest BCUT2D eigenvalue weighted by Gasteiger charge is 2.14. The number of halogens is 1. The number of carbonyl (C=O) groups excluding carboxylic acids is 1. The Morgan fingerprint density at radius 1 is 1.14 bits per heavy atom. The number of rotatable bonds is 6. The lowest BCUT2D eigenvalue weighted by Crippen LogP contribution is -2.16. The summed E-state index contributed by atoms with van der Waals surface area (Å²) in [6, 6.07) is 18.5. The normalized spacial score (nSPS) is 10.8. The fourth-order valence-electron chi connectivity index (χ4n) is 2.64. The van der Waals surface area contributed by atoms with Gasteiger partial charge in [-0.3, -0.25) is 4.79 Å². The number of hydrogen-bond donors (Lipinski definition) is 1. The second-order valence-electron chi connectivity index (χ2n) is 6.14. The molecular weight excluding hydrogens is 410 g/mol. The average Bonchev–Trinajstić information content (AvgIpc) is 3.34. The number of carbonyl (C=O) groups is 1. The van der Waals surface area contributed by atoms with Crippen LogP contribution in [-0.4, -0.2) is 31.6 Å². The molecule has 0 fully saturated rings. The number of benzene rings is 2. The quantitative estimate of drug-likeness (QED) is 0.454. The summed E-state index contributed by atoms with van der Waals surface area (Å²) in [6.45, 7) is 1.88. The number of aromatic nitrogens is 4. The lowest BCUT2D eigenvalue weighted by molar-refractivity contribution is -0.113. The van der Waals surface area contributed by atoms with E-state index in [1.165, 1.54) is 11.8 Å². The van der Waals surface area contributed by atoms with Crippen molar-refractivity contribution < 1.29 is 9.21 Å². The maximum absolute atomic E-state index is 12.4. The third-order valence-electron chi connectivity index (χ3n) is 3.92. The van der Waals surface area contributed by atoms with E-state index in [0.717, 1.165) is 16.9 Å². The van der Waals surface area contributed by atoms with Crippen LogP contribution in [0.4, 0.5) is 5.82 Å². The van der Waals surface area contributed by atoms with E-state index < -0.39 is 0 Å². The Hall–Kier alpha value is -3.10. The van der Waals surface area contributed by atoms with Crippen LogP contribution in [0, 0.1) is 6.92 Å². The number of amides is 1. The molecule has 0 aliphatic carbocycles. The number of anilines is 1. The summed E-state index contributed by atoms with van der Waals surface area (Å²) in [5.74, 6) is 0.911. The van der Waals surface area contributed by atoms with Crippen LogP contribution in [0.15, 0.2) is 70.3 Å². The van der Waals surface area contributed by atoms with Gasteiger partial charge in [0.2, 0.25) is 11.8 Å². The molecule has 0 aliphatic rings. The molecule has 0 bridgehead atoms. The zero-order chi connectivity index (χ0) is 20.2. The second-order valence-corrected chi connectivity index (χ2v) is 7.50. The first-order chi connectivity index (χ1) is 14.1. The van der Waals surface area contributed by atoms with Gasteiger partial charge in [0.15, 0.2) is 0 Å². The number of nitrogens with zero attached hydrogens (tertiary/aromatic N) is 4. The molecule has 4 rings (SSSR count). The number of aryl methyl sites for hydroxylation is 1. The maximum atomic E-state index is 12.4. The maximum Gasteiger partial charge on any atom is 0.277 e. The van der Waals surface area contributed by atoms with Gasteiger partial charge in [0.25, 0.3) is 5.22 Å². The van der Waals surface area contributed by atoms with E-state index in [-0.39, 0.29) is 11.7 Å². The van der Waals surface area contributed by atoms with Crippen LogP contribution in [0.1, 0.15) is 5.69 Å². The fourth-order valence-corrected chi connectivity index (χ4v) is 3.33. The Morgan fingerprint density at radius 3 is 2.66 bits per heavy atom. The van der Waals surface area contributed by atoms with Crippen LogP contribution < -0.4 is 5.32 Å². The van der Waals surface area contributed by atoms with Gasteiger partial charge in [-0.1, -0.05) is 41.6 Å². The van der Waals surface area contributed by atoms with Crippen molar-refractivity contribution in [2.24, 2.45) is 0 Å². The molecule has 0 saturated heterocycles. The Morgan fingerprint density at radius 2 is 1.90 bits per heavy atom. The highest BCUT2D eigenvalue weighted by molar-refractivity contribution is 7.99. The SMILES string of the molecule is Cc1cc(NC(=O)CSc2nnc(-c3ccc(Cl)cc3)o2)n(-c2ccccc2)n1. The van der Waals surface area contributed by atoms with Gasteiger partial charge in [-0.25, -0.2) is 4.68 Å². The number of hydrogen-bond acceptors (Lipinski definition) is 6. The van der Waals surface area contributed by atoms with Crippen LogP contribution >= 0.6 is 23.4 Å². The van der Waals surface area contributed by atoms with Gasteiger partial charge in [-0.05, 0) is 43.3 Å². The summed E-state index contributed by atoms with van der Waals surface area (Å²) in [4.78, 5) is 12.4. The minimum atomic E-state index is -0.196. The monoisotopic (exact) mass is 425 g/mol. The van der Waals surface area contributed by atoms with Crippen molar-refractivity contribution in [1.82, 2.24) is 20.0 Å². The number of thioether (sulfide) groups is 1. The predicted molar refractivity (Wildman–Crippen MR) is 112 cm³/mol. The summed E-state index contributed by atoms with van der Waals surface area (Å²) in [5.41, 5.74) is 2.44. The third kappa shape index (κ3) is 4.67. The minimum absolute atomic E-state index is 0.126. The Kier molecular flexibility index (Phi) is 5.64. The van der Waals surface area contributed by atoms with Crippen LogP contribution in [0.25, 0.3) is 17.1 Å². The summed E-state index contributed by atoms with van der Waals surface area (Å²) >= 11 is 7.05. The van der Waals surface area contributed by atoms with E-state index in [4.69, 9.17) is 16.0 Å². The van der Waals surface area contributed by atoms with Crippen molar-refractivity contribution >= 4 is 35.1 Å². The summed E-state index contributed by atoms with van der Waals surface area (Å²) in [6.07, 6.45) is 0. The number of nitrogens with one attached hydrogen (secondary N) is 1. The summed E-state index contributed by atoms with van der Waals surface area (Å²) < 4.78 is 7.31. The van der Waals surface area contributed by atoms with Crippen molar-refractivity contribution in [1.29, 1.82) is 0 Å². The lowest BCUT2D eigenvalue weighted by atomic mass is 10.2. The molecule has 0 spiro atoms. The molecule has 0 aliphatic heterocycles. The summed E-state index contributed by atoms with van der Waals surface area (Å²) in [7, 11) is 0. The molecule has 9 heteroatoms. The summed E-state index contributed by atoms with van der Waals surface area (Å²) in [5, 5.41) is 16.3. The van der Waals surface area contributed by atoms with E-state index >= 15 is 0 Å². The molecule has 29 heavy (non-hydrogen) atoms. The first kappa shape index (κ1) is 19.2. The average molecular weight is 426 g/mol. The first-order valence-electron chi connectivity index (χ1n) is 8.73. The fraction of sp³-hybridized carbons (Fsp3) is 0.100. The molecule has 146 valence electrons. The van der Waals surface area contributed by atoms with Crippen molar-refractivity contribution in [2.75, 3.05) is 11.1 Å². The van der Waals surface area contributed by atoms with Gasteiger partial charge in [-0.2, -0.15) is 5.10 Å². The van der Waals surface area contributed by atoms with E-state index in [1.807, 2.05) is 43.3 Å². The second kappa shape index (κ2) is 8.50. The van der Waals surface area contributed by atoms with Crippen LogP contribution in [-0.2, 0) is 4.79 Å². The molecule has 2 heterocycles. The smallest absolute Gasteiger partial charge is 0.277 e. The van der Waals surface area contributed by atoms with Gasteiger partial charge in [0.1, 0.15) is 5.82 Å². The van der Waals surface area contributed by atoms with Gasteiger partial charge < -0.3 is 9.73 Å². The zero-order valence-corrected chi connectivity index (χ0v) is 16.9. The van der Waals surface area contributed by atoms with Gasteiger partial charge in [-0.15, -0.1) is 10.2 Å². The Bertz CT molecular complexity index is 1130. The molecule has 1 N–H and O–H groups in total. The standard InChI is InChI=1S/C20H16ClN5O2S/c1-13-11-17(26(25-13)16-5-3-2-4-6-16)22-18(27)12-29-20-24-23-19(28-20)14-7-9-15(21)10-8-14/h2-11H,12H2,1H3,(H,22,27). The molecular formula is C20H16ClN5O2S. The van der Waals surface area contributed by atoms with E-state index in [9.17, 15) is 4.79 Å². The van der Waals surface area contributed by atoms with Crippen molar-refractivity contribution in [2.45, 2.75) is 12.1 Å². The molecule has 4 aromatic rings. The molecule has 0 unspecified atom stereocenters. The van der Waals surface area contributed by atoms with Gasteiger partial charge in [0.05, 0.1) is 17.1 Å². The van der Waals surface area contributed by atoms with E-state index in [2.05, 4.69) is 20.6 Å². The van der Waals surface area contributed by atoms with E-state index in [0.29, 0.717) is 22.0 Å².